The van der Waals surface area contributed by atoms with E-state index in [0.717, 1.165) is 38.4 Å². The molecule has 0 radical (unpaired) electrons. The summed E-state index contributed by atoms with van der Waals surface area (Å²) < 4.78 is 13.1. The summed E-state index contributed by atoms with van der Waals surface area (Å²) in [4.78, 5) is 4.93. The number of unbranched alkanes of at least 4 members (excludes halogenated alkanes) is 1. The monoisotopic (exact) mass is 353 g/mol. The van der Waals surface area contributed by atoms with Crippen LogP contribution in [0.5, 0.6) is 0 Å². The lowest BCUT2D eigenvalue weighted by atomic mass is 9.95. The van der Waals surface area contributed by atoms with Crippen molar-refractivity contribution in [3.8, 4) is 0 Å². The van der Waals surface area contributed by atoms with E-state index in [9.17, 15) is 4.39 Å². The first-order chi connectivity index (χ1) is 12.8. The molecule has 0 amide bonds. The molecular weight excluding hydrogens is 325 g/mol. The van der Waals surface area contributed by atoms with Crippen LogP contribution in [0.2, 0.25) is 0 Å². The van der Waals surface area contributed by atoms with Crippen molar-refractivity contribution in [1.82, 2.24) is 4.90 Å². The van der Waals surface area contributed by atoms with Gasteiger partial charge in [0.1, 0.15) is 5.82 Å². The van der Waals surface area contributed by atoms with Gasteiger partial charge in [0.25, 0.3) is 0 Å². The summed E-state index contributed by atoms with van der Waals surface area (Å²) in [6.07, 6.45) is 3.84. The third kappa shape index (κ3) is 4.01. The minimum atomic E-state index is -0.160. The fourth-order valence-electron chi connectivity index (χ4n) is 4.22. The first kappa shape index (κ1) is 17.3. The van der Waals surface area contributed by atoms with E-state index in [4.69, 9.17) is 0 Å². The number of benzene rings is 2. The Kier molecular flexibility index (Phi) is 5.40. The van der Waals surface area contributed by atoms with Crippen LogP contribution < -0.4 is 10.2 Å². The van der Waals surface area contributed by atoms with Gasteiger partial charge in [-0.1, -0.05) is 24.6 Å². The second-order valence-electron chi connectivity index (χ2n) is 7.47. The van der Waals surface area contributed by atoms with Gasteiger partial charge in [-0.2, -0.15) is 0 Å². The number of halogens is 1. The van der Waals surface area contributed by atoms with Crippen molar-refractivity contribution in [2.24, 2.45) is 0 Å². The SMILES string of the molecule is Fc1ccc(N2CCN(CCCCC3CNc4ccccc43)CC2)cc1. The normalized spacial score (nSPS) is 20.0. The number of nitrogens with one attached hydrogen (secondary N) is 1. The minimum Gasteiger partial charge on any atom is -0.384 e. The number of fused-ring (bicyclic) bond motifs is 1. The van der Waals surface area contributed by atoms with E-state index in [2.05, 4.69) is 39.4 Å². The fourth-order valence-corrected chi connectivity index (χ4v) is 4.22. The summed E-state index contributed by atoms with van der Waals surface area (Å²) in [6.45, 7) is 6.56. The third-order valence-corrected chi connectivity index (χ3v) is 5.78. The highest BCUT2D eigenvalue weighted by atomic mass is 19.1. The molecule has 0 saturated carbocycles. The van der Waals surface area contributed by atoms with E-state index in [1.165, 1.54) is 37.1 Å². The molecule has 3 nitrogen and oxygen atoms in total. The number of para-hydroxylation sites is 1. The highest BCUT2D eigenvalue weighted by molar-refractivity contribution is 5.57. The Bertz CT molecular complexity index is 708. The molecule has 0 aromatic heterocycles. The molecule has 0 bridgehead atoms. The number of hydrogen-bond acceptors (Lipinski definition) is 3. The van der Waals surface area contributed by atoms with Gasteiger partial charge in [0.15, 0.2) is 0 Å². The third-order valence-electron chi connectivity index (χ3n) is 5.78. The summed E-state index contributed by atoms with van der Waals surface area (Å²) >= 11 is 0. The van der Waals surface area contributed by atoms with Gasteiger partial charge in [-0.25, -0.2) is 4.39 Å². The van der Waals surface area contributed by atoms with Crippen molar-refractivity contribution in [2.75, 3.05) is 49.5 Å². The zero-order chi connectivity index (χ0) is 17.8. The number of hydrogen-bond donors (Lipinski definition) is 1. The lowest BCUT2D eigenvalue weighted by molar-refractivity contribution is 0.251. The van der Waals surface area contributed by atoms with Crippen molar-refractivity contribution in [1.29, 1.82) is 0 Å². The molecular formula is C22H28FN3. The van der Waals surface area contributed by atoms with Gasteiger partial charge in [0.05, 0.1) is 0 Å². The average molecular weight is 353 g/mol. The molecule has 4 heteroatoms. The highest BCUT2D eigenvalue weighted by Crippen LogP contribution is 2.34. The lowest BCUT2D eigenvalue weighted by Crippen LogP contribution is -2.46. The van der Waals surface area contributed by atoms with Crippen LogP contribution in [0, 0.1) is 5.82 Å². The Morgan fingerprint density at radius 1 is 0.923 bits per heavy atom. The fraction of sp³-hybridized carbons (Fsp3) is 0.455. The Morgan fingerprint density at radius 3 is 2.50 bits per heavy atom. The number of rotatable bonds is 6. The van der Waals surface area contributed by atoms with E-state index >= 15 is 0 Å². The first-order valence-corrected chi connectivity index (χ1v) is 9.85. The summed E-state index contributed by atoms with van der Waals surface area (Å²) in [6, 6.07) is 15.6. The first-order valence-electron chi connectivity index (χ1n) is 9.85. The summed E-state index contributed by atoms with van der Waals surface area (Å²) in [7, 11) is 0. The molecule has 2 heterocycles. The van der Waals surface area contributed by atoms with Crippen molar-refractivity contribution in [3.63, 3.8) is 0 Å². The maximum atomic E-state index is 13.1. The van der Waals surface area contributed by atoms with Gasteiger partial charge >= 0.3 is 0 Å². The second-order valence-corrected chi connectivity index (χ2v) is 7.47. The molecule has 1 saturated heterocycles. The lowest BCUT2D eigenvalue weighted by Gasteiger charge is -2.36. The molecule has 0 spiro atoms. The predicted octanol–water partition coefficient (Wildman–Crippen LogP) is 4.33. The quantitative estimate of drug-likeness (QED) is 0.780. The van der Waals surface area contributed by atoms with Crippen LogP contribution >= 0.6 is 0 Å². The topological polar surface area (TPSA) is 18.5 Å². The van der Waals surface area contributed by atoms with Crippen LogP contribution in [0.4, 0.5) is 15.8 Å². The van der Waals surface area contributed by atoms with Crippen molar-refractivity contribution in [2.45, 2.75) is 25.2 Å². The maximum Gasteiger partial charge on any atom is 0.123 e. The van der Waals surface area contributed by atoms with Crippen molar-refractivity contribution >= 4 is 11.4 Å². The van der Waals surface area contributed by atoms with Gasteiger partial charge in [-0.3, -0.25) is 4.90 Å². The van der Waals surface area contributed by atoms with Gasteiger partial charge in [-0.05, 0) is 55.3 Å². The van der Waals surface area contributed by atoms with Crippen LogP contribution in [0.15, 0.2) is 48.5 Å². The zero-order valence-corrected chi connectivity index (χ0v) is 15.3. The maximum absolute atomic E-state index is 13.1. The number of anilines is 2. The molecule has 1 fully saturated rings. The largest absolute Gasteiger partial charge is 0.384 e. The summed E-state index contributed by atoms with van der Waals surface area (Å²) in [5.41, 5.74) is 3.97. The zero-order valence-electron chi connectivity index (χ0n) is 15.3. The van der Waals surface area contributed by atoms with Crippen molar-refractivity contribution < 1.29 is 4.39 Å². The highest BCUT2D eigenvalue weighted by Gasteiger charge is 2.21. The van der Waals surface area contributed by atoms with E-state index in [1.807, 2.05) is 12.1 Å². The smallest absolute Gasteiger partial charge is 0.123 e. The summed E-state index contributed by atoms with van der Waals surface area (Å²) in [5, 5.41) is 3.52. The molecule has 0 aliphatic carbocycles. The Morgan fingerprint density at radius 2 is 1.69 bits per heavy atom. The molecule has 1 N–H and O–H groups in total. The minimum absolute atomic E-state index is 0.160. The second kappa shape index (κ2) is 8.09. The predicted molar refractivity (Wildman–Crippen MR) is 107 cm³/mol. The van der Waals surface area contributed by atoms with Gasteiger partial charge in [0.2, 0.25) is 0 Å². The standard InChI is InChI=1S/C22H28FN3/c23-19-8-10-20(11-9-19)26-15-13-25(14-16-26)12-4-3-5-18-17-24-22-7-2-1-6-21(18)22/h1-2,6-11,18,24H,3-5,12-17H2. The Hall–Kier alpha value is -2.07. The number of piperazine rings is 1. The van der Waals surface area contributed by atoms with Gasteiger partial charge in [0, 0.05) is 50.0 Å². The molecule has 138 valence electrons. The molecule has 26 heavy (non-hydrogen) atoms. The molecule has 2 aromatic carbocycles. The van der Waals surface area contributed by atoms with E-state index < -0.39 is 0 Å². The van der Waals surface area contributed by atoms with Crippen LogP contribution in [-0.2, 0) is 0 Å². The number of nitrogens with zero attached hydrogens (tertiary/aromatic N) is 2. The molecule has 2 aromatic rings. The van der Waals surface area contributed by atoms with Crippen LogP contribution in [-0.4, -0.2) is 44.2 Å². The molecule has 1 atom stereocenters. The Labute approximate surface area is 155 Å². The Balaban J connectivity index is 1.16. The molecule has 2 aliphatic heterocycles. The van der Waals surface area contributed by atoms with Crippen LogP contribution in [0.3, 0.4) is 0 Å². The molecule has 1 unspecified atom stereocenters. The van der Waals surface area contributed by atoms with E-state index in [-0.39, 0.29) is 5.82 Å². The van der Waals surface area contributed by atoms with Crippen molar-refractivity contribution in [3.05, 3.63) is 59.9 Å². The van der Waals surface area contributed by atoms with Crippen LogP contribution in [0.1, 0.15) is 30.7 Å². The molecule has 4 rings (SSSR count). The van der Waals surface area contributed by atoms with E-state index in [0.29, 0.717) is 5.92 Å². The van der Waals surface area contributed by atoms with E-state index in [1.54, 1.807) is 12.1 Å². The average Bonchev–Trinajstić information content (AvgIpc) is 3.10. The molecule has 2 aliphatic rings. The van der Waals surface area contributed by atoms with Crippen LogP contribution in [0.25, 0.3) is 0 Å². The van der Waals surface area contributed by atoms with Gasteiger partial charge in [-0.15, -0.1) is 0 Å². The van der Waals surface area contributed by atoms with Gasteiger partial charge < -0.3 is 10.2 Å². The summed E-state index contributed by atoms with van der Waals surface area (Å²) in [5.74, 6) is 0.522.